The average molecular weight is 213 g/mol. The number of nitrogens with one attached hydrogen (secondary N) is 1. The maximum absolute atomic E-state index is 13.1. The lowest BCUT2D eigenvalue weighted by molar-refractivity contribution is 0.590. The Balaban J connectivity index is 2.50. The summed E-state index contributed by atoms with van der Waals surface area (Å²) in [7, 11) is 0. The summed E-state index contributed by atoms with van der Waals surface area (Å²) in [6.45, 7) is 0.955. The molecule has 0 aliphatic carbocycles. The van der Waals surface area contributed by atoms with Gasteiger partial charge in [0, 0.05) is 30.1 Å². The van der Waals surface area contributed by atoms with Gasteiger partial charge in [0.05, 0.1) is 6.07 Å². The Bertz CT molecular complexity index is 346. The van der Waals surface area contributed by atoms with Crippen molar-refractivity contribution in [3.63, 3.8) is 0 Å². The van der Waals surface area contributed by atoms with Crippen LogP contribution in [0.25, 0.3) is 0 Å². The summed E-state index contributed by atoms with van der Waals surface area (Å²) in [6, 6.07) is 6.42. The third-order valence-electron chi connectivity index (χ3n) is 1.74. The number of nitrogens with zero attached hydrogens (tertiary/aromatic N) is 1. The van der Waals surface area contributed by atoms with Crippen molar-refractivity contribution in [1.82, 2.24) is 5.32 Å². The van der Waals surface area contributed by atoms with Gasteiger partial charge in [0.2, 0.25) is 0 Å². The molecular formula is C10H10ClFN2. The van der Waals surface area contributed by atoms with Crippen LogP contribution in [0.15, 0.2) is 18.2 Å². The van der Waals surface area contributed by atoms with Crippen LogP contribution in [0.4, 0.5) is 4.39 Å². The molecule has 0 aliphatic heterocycles. The monoisotopic (exact) mass is 212 g/mol. The van der Waals surface area contributed by atoms with Crippen LogP contribution in [0.5, 0.6) is 0 Å². The normalized spacial score (nSPS) is 9.79. The molecule has 0 aromatic heterocycles. The second-order valence-electron chi connectivity index (χ2n) is 2.82. The Morgan fingerprint density at radius 3 is 3.00 bits per heavy atom. The molecule has 14 heavy (non-hydrogen) atoms. The smallest absolute Gasteiger partial charge is 0.127 e. The summed E-state index contributed by atoms with van der Waals surface area (Å²) < 4.78 is 13.1. The minimum atomic E-state index is -0.279. The van der Waals surface area contributed by atoms with Crippen LogP contribution in [-0.4, -0.2) is 6.54 Å². The first kappa shape index (κ1) is 11.0. The molecule has 0 radical (unpaired) electrons. The van der Waals surface area contributed by atoms with E-state index in [1.165, 1.54) is 12.1 Å². The maximum atomic E-state index is 13.1. The highest BCUT2D eigenvalue weighted by atomic mass is 35.5. The van der Waals surface area contributed by atoms with E-state index in [-0.39, 0.29) is 5.82 Å². The average Bonchev–Trinajstić information content (AvgIpc) is 2.18. The zero-order chi connectivity index (χ0) is 10.4. The third kappa shape index (κ3) is 3.33. The molecule has 0 saturated carbocycles. The number of nitriles is 1. The number of hydrogen-bond acceptors (Lipinski definition) is 2. The predicted molar refractivity (Wildman–Crippen MR) is 53.3 cm³/mol. The van der Waals surface area contributed by atoms with Crippen molar-refractivity contribution in [3.05, 3.63) is 34.6 Å². The minimum absolute atomic E-state index is 0.279. The van der Waals surface area contributed by atoms with E-state index >= 15 is 0 Å². The molecule has 0 atom stereocenters. The van der Waals surface area contributed by atoms with E-state index in [1.807, 2.05) is 6.07 Å². The topological polar surface area (TPSA) is 35.8 Å². The van der Waals surface area contributed by atoms with Gasteiger partial charge in [0.15, 0.2) is 0 Å². The predicted octanol–water partition coefficient (Wildman–Crippen LogP) is 2.48. The second-order valence-corrected chi connectivity index (χ2v) is 3.26. The Morgan fingerprint density at radius 1 is 1.50 bits per heavy atom. The summed E-state index contributed by atoms with van der Waals surface area (Å²) in [6.07, 6.45) is 0.419. The standard InChI is InChI=1S/C10H10ClFN2/c11-9-2-3-10(12)8(6-9)7-14-5-1-4-13/h2-3,6,14H,1,5,7H2. The van der Waals surface area contributed by atoms with Gasteiger partial charge in [-0.05, 0) is 18.2 Å². The van der Waals surface area contributed by atoms with Crippen LogP contribution in [0.3, 0.4) is 0 Å². The van der Waals surface area contributed by atoms with Crippen molar-refractivity contribution >= 4 is 11.6 Å². The van der Waals surface area contributed by atoms with Crippen molar-refractivity contribution in [1.29, 1.82) is 5.26 Å². The van der Waals surface area contributed by atoms with Crippen LogP contribution in [0.1, 0.15) is 12.0 Å². The molecule has 0 amide bonds. The molecule has 1 aromatic carbocycles. The van der Waals surface area contributed by atoms with E-state index in [9.17, 15) is 4.39 Å². The van der Waals surface area contributed by atoms with Gasteiger partial charge in [-0.3, -0.25) is 0 Å². The zero-order valence-electron chi connectivity index (χ0n) is 7.56. The highest BCUT2D eigenvalue weighted by Crippen LogP contribution is 2.14. The maximum Gasteiger partial charge on any atom is 0.127 e. The molecule has 2 nitrogen and oxygen atoms in total. The van der Waals surface area contributed by atoms with Gasteiger partial charge in [-0.1, -0.05) is 11.6 Å². The van der Waals surface area contributed by atoms with Gasteiger partial charge in [-0.2, -0.15) is 5.26 Å². The van der Waals surface area contributed by atoms with Gasteiger partial charge in [-0.15, -0.1) is 0 Å². The molecule has 0 unspecified atom stereocenters. The van der Waals surface area contributed by atoms with Crippen LogP contribution >= 0.6 is 11.6 Å². The van der Waals surface area contributed by atoms with E-state index in [0.29, 0.717) is 30.1 Å². The highest BCUT2D eigenvalue weighted by molar-refractivity contribution is 6.30. The van der Waals surface area contributed by atoms with Crippen LogP contribution in [0.2, 0.25) is 5.02 Å². The molecule has 0 fully saturated rings. The van der Waals surface area contributed by atoms with Crippen LogP contribution in [0, 0.1) is 17.1 Å². The number of halogens is 2. The molecular weight excluding hydrogens is 203 g/mol. The van der Waals surface area contributed by atoms with E-state index in [2.05, 4.69) is 5.32 Å². The first-order valence-corrected chi connectivity index (χ1v) is 4.63. The SMILES string of the molecule is N#CCCNCc1cc(Cl)ccc1F. The van der Waals surface area contributed by atoms with Crippen molar-refractivity contribution in [3.8, 4) is 6.07 Å². The Morgan fingerprint density at radius 2 is 2.29 bits per heavy atom. The lowest BCUT2D eigenvalue weighted by atomic mass is 10.2. The van der Waals surface area contributed by atoms with Gasteiger partial charge in [0.25, 0.3) is 0 Å². The Kier molecular flexibility index (Phi) is 4.37. The molecule has 0 heterocycles. The number of hydrogen-bond donors (Lipinski definition) is 1. The molecule has 0 spiro atoms. The third-order valence-corrected chi connectivity index (χ3v) is 1.97. The lowest BCUT2D eigenvalue weighted by Crippen LogP contribution is -2.15. The minimum Gasteiger partial charge on any atom is -0.312 e. The summed E-state index contributed by atoms with van der Waals surface area (Å²) in [5, 5.41) is 11.7. The Labute approximate surface area is 87.3 Å². The highest BCUT2D eigenvalue weighted by Gasteiger charge is 2.01. The van der Waals surface area contributed by atoms with Crippen molar-refractivity contribution in [2.45, 2.75) is 13.0 Å². The molecule has 1 rings (SSSR count). The van der Waals surface area contributed by atoms with E-state index in [4.69, 9.17) is 16.9 Å². The van der Waals surface area contributed by atoms with Gasteiger partial charge in [0.1, 0.15) is 5.82 Å². The summed E-state index contributed by atoms with van der Waals surface area (Å²) in [5.41, 5.74) is 0.524. The molecule has 4 heteroatoms. The first-order chi connectivity index (χ1) is 6.74. The molecule has 0 aliphatic rings. The molecule has 0 bridgehead atoms. The van der Waals surface area contributed by atoms with Gasteiger partial charge >= 0.3 is 0 Å². The largest absolute Gasteiger partial charge is 0.312 e. The molecule has 1 aromatic rings. The van der Waals surface area contributed by atoms with Crippen molar-refractivity contribution in [2.24, 2.45) is 0 Å². The summed E-state index contributed by atoms with van der Waals surface area (Å²) in [5.74, 6) is -0.279. The number of benzene rings is 1. The fourth-order valence-electron chi connectivity index (χ4n) is 1.05. The van der Waals surface area contributed by atoms with Gasteiger partial charge in [-0.25, -0.2) is 4.39 Å². The van der Waals surface area contributed by atoms with E-state index in [1.54, 1.807) is 6.07 Å². The quantitative estimate of drug-likeness (QED) is 0.779. The summed E-state index contributed by atoms with van der Waals surface area (Å²) >= 11 is 5.71. The van der Waals surface area contributed by atoms with Gasteiger partial charge < -0.3 is 5.32 Å². The number of rotatable bonds is 4. The molecule has 74 valence electrons. The molecule has 0 saturated heterocycles. The lowest BCUT2D eigenvalue weighted by Gasteiger charge is -2.04. The second kappa shape index (κ2) is 5.58. The summed E-state index contributed by atoms with van der Waals surface area (Å²) in [4.78, 5) is 0. The van der Waals surface area contributed by atoms with Crippen LogP contribution < -0.4 is 5.32 Å². The van der Waals surface area contributed by atoms with E-state index < -0.39 is 0 Å². The fraction of sp³-hybridized carbons (Fsp3) is 0.300. The van der Waals surface area contributed by atoms with Crippen LogP contribution in [-0.2, 0) is 6.54 Å². The fourth-order valence-corrected chi connectivity index (χ4v) is 1.24. The van der Waals surface area contributed by atoms with Crippen molar-refractivity contribution in [2.75, 3.05) is 6.54 Å². The zero-order valence-corrected chi connectivity index (χ0v) is 8.31. The van der Waals surface area contributed by atoms with Crippen molar-refractivity contribution < 1.29 is 4.39 Å². The Hall–Kier alpha value is -1.11. The van der Waals surface area contributed by atoms with E-state index in [0.717, 1.165) is 0 Å². The first-order valence-electron chi connectivity index (χ1n) is 4.25. The molecule has 1 N–H and O–H groups in total.